The minimum atomic E-state index is -1.20. The van der Waals surface area contributed by atoms with Crippen LogP contribution in [0.4, 0.5) is 31.2 Å². The predicted octanol–water partition coefficient (Wildman–Crippen LogP) is 8.03. The maximum Gasteiger partial charge on any atom is 0.356 e. The Kier molecular flexibility index (Phi) is 13.1. The number of aromatic carboxylic acids is 2. The quantitative estimate of drug-likeness (QED) is 0.0830. The fraction of sp³-hybridized carbons (Fsp3) is 0.312. The number of carboxylic acid groups (broad SMARTS) is 2. The third kappa shape index (κ3) is 9.81. The van der Waals surface area contributed by atoms with Gasteiger partial charge in [0, 0.05) is 36.0 Å². The maximum atomic E-state index is 12.6. The largest absolute Gasteiger partial charge is 0.476 e. The zero-order valence-electron chi connectivity index (χ0n) is 27.0. The first kappa shape index (κ1) is 38.6. The van der Waals surface area contributed by atoms with E-state index in [0.717, 1.165) is 74.0 Å². The minimum Gasteiger partial charge on any atom is -0.476 e. The number of halogens is 2. The second-order valence-corrected chi connectivity index (χ2v) is 16.2. The van der Waals surface area contributed by atoms with Crippen molar-refractivity contribution in [2.45, 2.75) is 51.4 Å². The lowest BCUT2D eigenvalue weighted by atomic mass is 9.96. The summed E-state index contributed by atoms with van der Waals surface area (Å²) in [6.45, 7) is 0. The molecule has 0 atom stereocenters. The first-order valence-electron chi connectivity index (χ1n) is 15.8. The summed E-state index contributed by atoms with van der Waals surface area (Å²) < 4.78 is 0.611. The zero-order chi connectivity index (χ0) is 37.4. The molecule has 0 aromatic carbocycles. The molecule has 0 saturated heterocycles. The molecule has 0 spiro atoms. The van der Waals surface area contributed by atoms with E-state index in [1.54, 1.807) is 12.1 Å². The Morgan fingerprint density at radius 1 is 0.615 bits per heavy atom. The van der Waals surface area contributed by atoms with Crippen LogP contribution in [0, 0.1) is 11.8 Å². The zero-order valence-corrected chi connectivity index (χ0v) is 31.8. The van der Waals surface area contributed by atoms with Gasteiger partial charge in [-0.1, -0.05) is 48.4 Å². The van der Waals surface area contributed by atoms with Crippen LogP contribution in [-0.2, 0) is 0 Å². The van der Waals surface area contributed by atoms with Crippen molar-refractivity contribution in [3.63, 3.8) is 0 Å². The van der Waals surface area contributed by atoms with Crippen LogP contribution in [0.15, 0.2) is 44.5 Å². The van der Waals surface area contributed by atoms with E-state index in [4.69, 9.17) is 10.2 Å². The van der Waals surface area contributed by atoms with Crippen LogP contribution < -0.4 is 21.3 Å². The second kappa shape index (κ2) is 17.7. The topological polar surface area (TPSA) is 243 Å². The molecule has 20 heteroatoms. The van der Waals surface area contributed by atoms with E-state index in [2.05, 4.69) is 73.1 Å². The van der Waals surface area contributed by atoms with Crippen molar-refractivity contribution in [2.24, 2.45) is 11.8 Å². The summed E-state index contributed by atoms with van der Waals surface area (Å²) in [5, 5.41) is 28.4. The number of aromatic nitrogens is 4. The van der Waals surface area contributed by atoms with Gasteiger partial charge in [-0.05, 0) is 69.7 Å². The number of pyridine rings is 2. The number of carboxylic acids is 2. The lowest BCUT2D eigenvalue weighted by Crippen LogP contribution is -2.22. The summed E-state index contributed by atoms with van der Waals surface area (Å²) in [5.74, 6) is -2.45. The number of carbonyl (C=O) groups excluding carboxylic acids is 4. The van der Waals surface area contributed by atoms with Gasteiger partial charge >= 0.3 is 24.0 Å². The van der Waals surface area contributed by atoms with Crippen molar-refractivity contribution in [3.8, 4) is 0 Å². The van der Waals surface area contributed by atoms with Gasteiger partial charge in [0.05, 0.1) is 23.1 Å². The van der Waals surface area contributed by atoms with Crippen molar-refractivity contribution in [1.29, 1.82) is 0 Å². The van der Waals surface area contributed by atoms with Crippen molar-refractivity contribution in [2.75, 3.05) is 21.3 Å². The van der Waals surface area contributed by atoms with Crippen LogP contribution >= 0.6 is 54.5 Å². The highest BCUT2D eigenvalue weighted by Gasteiger charge is 2.28. The van der Waals surface area contributed by atoms with E-state index >= 15 is 0 Å². The molecule has 4 amide bonds. The summed E-state index contributed by atoms with van der Waals surface area (Å²) in [6, 6.07) is 1.91. The van der Waals surface area contributed by atoms with Crippen LogP contribution in [-0.4, -0.2) is 65.7 Å². The summed E-state index contributed by atoms with van der Waals surface area (Å²) in [5.41, 5.74) is 1.13. The number of carbonyl (C=O) groups is 6. The molecule has 0 bridgehead atoms. The van der Waals surface area contributed by atoms with Gasteiger partial charge in [0.15, 0.2) is 33.2 Å². The van der Waals surface area contributed by atoms with Gasteiger partial charge in [0.25, 0.3) is 0 Å². The Balaban J connectivity index is 0.000000201. The van der Waals surface area contributed by atoms with Crippen LogP contribution in [0.3, 0.4) is 0 Å². The molecule has 16 nitrogen and oxygen atoms in total. The first-order chi connectivity index (χ1) is 24.9. The number of nitrogens with zero attached hydrogens (tertiary/aromatic N) is 4. The third-order valence-electron chi connectivity index (χ3n) is 8.14. The van der Waals surface area contributed by atoms with Gasteiger partial charge in [-0.25, -0.2) is 29.1 Å². The van der Waals surface area contributed by atoms with E-state index in [0.29, 0.717) is 30.1 Å². The number of thiazole rings is 2. The average molecular weight is 879 g/mol. The molecular formula is C32H30Br2N8O8S2. The lowest BCUT2D eigenvalue weighted by molar-refractivity contribution is 0.0680. The molecule has 4 aromatic rings. The molecule has 4 aromatic heterocycles. The Morgan fingerprint density at radius 2 is 1.06 bits per heavy atom. The van der Waals surface area contributed by atoms with Crippen LogP contribution in [0.25, 0.3) is 0 Å². The van der Waals surface area contributed by atoms with Gasteiger partial charge in [-0.2, -0.15) is 0 Å². The highest BCUT2D eigenvalue weighted by atomic mass is 79.9. The SMILES string of the molecule is O=C(Nc1nc(C(=O)O)c(Br)s1)Nc1ccncc1C(=O)C1CCCC1.O=C(Nc1nc(C(=O)O)c(Br)s1)Nc1cnccc1C(=O)C1CCCC1. The summed E-state index contributed by atoms with van der Waals surface area (Å²) in [7, 11) is 0. The monoisotopic (exact) mass is 876 g/mol. The van der Waals surface area contributed by atoms with Gasteiger partial charge in [0.1, 0.15) is 7.57 Å². The van der Waals surface area contributed by atoms with Crippen LogP contribution in [0.5, 0.6) is 0 Å². The summed E-state index contributed by atoms with van der Waals surface area (Å²) in [4.78, 5) is 87.3. The highest BCUT2D eigenvalue weighted by molar-refractivity contribution is 9.11. The molecule has 6 N–H and O–H groups in total. The molecule has 6 rings (SSSR count). The molecule has 0 aliphatic heterocycles. The van der Waals surface area contributed by atoms with E-state index < -0.39 is 24.0 Å². The normalized spacial score (nSPS) is 14.2. The maximum absolute atomic E-state index is 12.6. The molecular weight excluding hydrogens is 848 g/mol. The lowest BCUT2D eigenvalue weighted by Gasteiger charge is -2.13. The fourth-order valence-corrected chi connectivity index (χ4v) is 8.50. The van der Waals surface area contributed by atoms with Crippen molar-refractivity contribution in [1.82, 2.24) is 19.9 Å². The Labute approximate surface area is 320 Å². The number of hydrogen-bond acceptors (Lipinski definition) is 12. The molecule has 4 heterocycles. The number of ketones is 2. The van der Waals surface area contributed by atoms with Gasteiger partial charge in [0.2, 0.25) is 0 Å². The van der Waals surface area contributed by atoms with Crippen molar-refractivity contribution in [3.05, 3.63) is 67.0 Å². The number of hydrogen-bond donors (Lipinski definition) is 6. The van der Waals surface area contributed by atoms with E-state index in [1.165, 1.54) is 24.8 Å². The molecule has 2 aliphatic rings. The molecule has 52 heavy (non-hydrogen) atoms. The number of anilines is 4. The van der Waals surface area contributed by atoms with Crippen molar-refractivity contribution < 1.29 is 39.0 Å². The fourth-order valence-electron chi connectivity index (χ4n) is 5.70. The standard InChI is InChI=1S/2C16H15BrN4O4S/c17-13-11(14(23)24)20-16(26-13)21-15(25)19-10-5-6-18-7-9(10)12(22)8-3-1-2-4-8;17-13-11(14(23)24)20-16(26-13)21-15(25)19-10-7-18-6-5-9(10)12(22)8-3-1-2-4-8/h5-8H,1-4H2,(H,23,24)(H2,18,19,20,21,25);5-8H,1-4H2,(H,23,24)(H2,19,20,21,25). The molecule has 272 valence electrons. The molecule has 2 aliphatic carbocycles. The van der Waals surface area contributed by atoms with Gasteiger partial charge in [-0.15, -0.1) is 0 Å². The summed E-state index contributed by atoms with van der Waals surface area (Å²) in [6.07, 6.45) is 13.4. The third-order valence-corrected chi connectivity index (χ3v) is 11.4. The van der Waals surface area contributed by atoms with Gasteiger partial charge < -0.3 is 20.8 Å². The second-order valence-electron chi connectivity index (χ2n) is 11.6. The predicted molar refractivity (Wildman–Crippen MR) is 200 cm³/mol. The van der Waals surface area contributed by atoms with Crippen LogP contribution in [0.1, 0.15) is 93.1 Å². The van der Waals surface area contributed by atoms with Gasteiger partial charge in [-0.3, -0.25) is 30.2 Å². The Morgan fingerprint density at radius 3 is 1.54 bits per heavy atom. The average Bonchev–Trinajstić information content (AvgIpc) is 3.94. The molecule has 0 unspecified atom stereocenters. The van der Waals surface area contributed by atoms with Crippen LogP contribution in [0.2, 0.25) is 0 Å². The minimum absolute atomic E-state index is 0.00496. The van der Waals surface area contributed by atoms with Crippen molar-refractivity contribution >= 4 is 112 Å². The highest BCUT2D eigenvalue weighted by Crippen LogP contribution is 2.33. The number of Topliss-reactive ketones (excluding diaryl/α,β-unsaturated/α-hetero) is 2. The Bertz CT molecular complexity index is 1870. The van der Waals surface area contributed by atoms with E-state index in [9.17, 15) is 28.8 Å². The van der Waals surface area contributed by atoms with E-state index in [1.807, 2.05) is 0 Å². The molecule has 2 saturated carbocycles. The Hall–Kier alpha value is -4.66. The number of nitrogens with one attached hydrogen (secondary N) is 4. The number of amides is 4. The smallest absolute Gasteiger partial charge is 0.356 e. The number of urea groups is 2. The molecule has 0 radical (unpaired) electrons. The molecule has 2 fully saturated rings. The first-order valence-corrected chi connectivity index (χ1v) is 19.0. The number of rotatable bonds is 10. The van der Waals surface area contributed by atoms with E-state index in [-0.39, 0.29) is 45.1 Å². The summed E-state index contributed by atoms with van der Waals surface area (Å²) >= 11 is 8.15.